The Morgan fingerprint density at radius 3 is 3.00 bits per heavy atom. The van der Waals surface area contributed by atoms with E-state index in [1.54, 1.807) is 13.2 Å². The lowest BCUT2D eigenvalue weighted by molar-refractivity contribution is 0.0873. The number of nitrogens with two attached hydrogens (primary N) is 1. The van der Waals surface area contributed by atoms with E-state index in [1.807, 2.05) is 6.07 Å². The Morgan fingerprint density at radius 1 is 1.50 bits per heavy atom. The van der Waals surface area contributed by atoms with E-state index < -0.39 is 0 Å². The maximum Gasteiger partial charge on any atom is 0.124 e. The lowest BCUT2D eigenvalue weighted by Crippen LogP contribution is -2.36. The molecule has 1 fully saturated rings. The molecule has 1 aromatic carbocycles. The smallest absolute Gasteiger partial charge is 0.124 e. The average Bonchev–Trinajstić information content (AvgIpc) is 2.38. The fourth-order valence-electron chi connectivity index (χ4n) is 2.81. The Hall–Kier alpha value is -1.04. The van der Waals surface area contributed by atoms with Crippen molar-refractivity contribution in [3.05, 3.63) is 35.1 Å². The quantitative estimate of drug-likeness (QED) is 0.846. The summed E-state index contributed by atoms with van der Waals surface area (Å²) in [5, 5.41) is 0. The van der Waals surface area contributed by atoms with Gasteiger partial charge in [0.1, 0.15) is 10.8 Å². The van der Waals surface area contributed by atoms with E-state index in [0.29, 0.717) is 11.5 Å². The number of benzene rings is 1. The van der Waals surface area contributed by atoms with Crippen molar-refractivity contribution in [2.24, 2.45) is 11.7 Å². The zero-order chi connectivity index (χ0) is 14.5. The van der Waals surface area contributed by atoms with Gasteiger partial charge in [0.25, 0.3) is 0 Å². The van der Waals surface area contributed by atoms with Crippen LogP contribution in [0.15, 0.2) is 18.2 Å². The Bertz CT molecular complexity index is 479. The van der Waals surface area contributed by atoms with Gasteiger partial charge in [-0.1, -0.05) is 12.2 Å². The molecule has 0 spiro atoms. The van der Waals surface area contributed by atoms with Crippen molar-refractivity contribution < 1.29 is 9.13 Å². The highest BCUT2D eigenvalue weighted by Gasteiger charge is 2.20. The number of likely N-dealkylation sites (tertiary alicyclic amines) is 1. The number of nitrogens with zero attached hydrogens (tertiary/aromatic N) is 1. The summed E-state index contributed by atoms with van der Waals surface area (Å²) in [7, 11) is 1.74. The lowest BCUT2D eigenvalue weighted by atomic mass is 9.98. The summed E-state index contributed by atoms with van der Waals surface area (Å²) in [5.74, 6) is 0.285. The van der Waals surface area contributed by atoms with Crippen molar-refractivity contribution in [1.82, 2.24) is 4.90 Å². The van der Waals surface area contributed by atoms with Crippen LogP contribution in [0, 0.1) is 11.7 Å². The van der Waals surface area contributed by atoms with E-state index >= 15 is 0 Å². The maximum atomic E-state index is 13.6. The first-order valence-corrected chi connectivity index (χ1v) is 7.30. The van der Waals surface area contributed by atoms with Crippen molar-refractivity contribution in [2.45, 2.75) is 19.4 Å². The summed E-state index contributed by atoms with van der Waals surface area (Å²) in [6, 6.07) is 4.82. The fraction of sp³-hybridized carbons (Fsp3) is 0.533. The molecule has 20 heavy (non-hydrogen) atoms. The Kier molecular flexibility index (Phi) is 5.46. The predicted molar refractivity (Wildman–Crippen MR) is 82.2 cm³/mol. The molecule has 1 heterocycles. The van der Waals surface area contributed by atoms with Gasteiger partial charge in [-0.15, -0.1) is 0 Å². The minimum Gasteiger partial charge on any atom is -0.389 e. The second kappa shape index (κ2) is 7.11. The molecule has 3 nitrogen and oxygen atoms in total. The van der Waals surface area contributed by atoms with Crippen LogP contribution in [0.1, 0.15) is 24.0 Å². The number of ether oxygens (including phenoxy) is 1. The summed E-state index contributed by atoms with van der Waals surface area (Å²) >= 11 is 4.92. The zero-order valence-electron chi connectivity index (χ0n) is 11.8. The number of piperidine rings is 1. The number of methoxy groups -OCH3 is 1. The minimum absolute atomic E-state index is 0.238. The van der Waals surface area contributed by atoms with Gasteiger partial charge in [0.05, 0.1) is 6.61 Å². The molecule has 1 aromatic rings. The van der Waals surface area contributed by atoms with Gasteiger partial charge in [-0.3, -0.25) is 4.90 Å². The lowest BCUT2D eigenvalue weighted by Gasteiger charge is -2.32. The summed E-state index contributed by atoms with van der Waals surface area (Å²) in [4.78, 5) is 2.58. The third-order valence-corrected chi connectivity index (χ3v) is 3.89. The van der Waals surface area contributed by atoms with E-state index in [2.05, 4.69) is 4.90 Å². The van der Waals surface area contributed by atoms with Crippen molar-refractivity contribution in [3.63, 3.8) is 0 Å². The van der Waals surface area contributed by atoms with E-state index in [-0.39, 0.29) is 10.8 Å². The summed E-state index contributed by atoms with van der Waals surface area (Å²) in [6.45, 7) is 3.55. The largest absolute Gasteiger partial charge is 0.389 e. The number of hydrogen-bond donors (Lipinski definition) is 1. The molecule has 0 aromatic heterocycles. The number of rotatable bonds is 5. The van der Waals surface area contributed by atoms with Gasteiger partial charge in [0.2, 0.25) is 0 Å². The third kappa shape index (κ3) is 4.23. The van der Waals surface area contributed by atoms with Crippen molar-refractivity contribution in [1.29, 1.82) is 0 Å². The van der Waals surface area contributed by atoms with Gasteiger partial charge in [-0.2, -0.15) is 0 Å². The first-order valence-electron chi connectivity index (χ1n) is 6.89. The van der Waals surface area contributed by atoms with E-state index in [4.69, 9.17) is 22.7 Å². The van der Waals surface area contributed by atoms with Crippen LogP contribution in [0.4, 0.5) is 4.39 Å². The second-order valence-electron chi connectivity index (χ2n) is 5.41. The molecular weight excluding hydrogens is 275 g/mol. The van der Waals surface area contributed by atoms with Gasteiger partial charge >= 0.3 is 0 Å². The SMILES string of the molecule is COCC1CCCN(Cc2cc(F)cc(C(N)=S)c2)C1. The zero-order valence-corrected chi connectivity index (χ0v) is 12.6. The summed E-state index contributed by atoms with van der Waals surface area (Å²) in [6.07, 6.45) is 2.36. The predicted octanol–water partition coefficient (Wildman–Crippen LogP) is 2.32. The van der Waals surface area contributed by atoms with E-state index in [9.17, 15) is 4.39 Å². The number of halogens is 1. The first-order chi connectivity index (χ1) is 9.58. The van der Waals surface area contributed by atoms with E-state index in [0.717, 1.165) is 38.2 Å². The van der Waals surface area contributed by atoms with Crippen LogP contribution in [-0.4, -0.2) is 36.7 Å². The minimum atomic E-state index is -0.282. The summed E-state index contributed by atoms with van der Waals surface area (Å²) < 4.78 is 18.8. The molecule has 0 bridgehead atoms. The fourth-order valence-corrected chi connectivity index (χ4v) is 2.93. The van der Waals surface area contributed by atoms with Crippen LogP contribution in [0.25, 0.3) is 0 Å². The number of thiocarbonyl (C=S) groups is 1. The maximum absolute atomic E-state index is 13.6. The molecule has 2 rings (SSSR count). The standard InChI is InChI=1S/C15H21FN2OS/c1-19-10-11-3-2-4-18(8-11)9-12-5-13(15(17)20)7-14(16)6-12/h5-7,11H,2-4,8-10H2,1H3,(H2,17,20). The van der Waals surface area contributed by atoms with Gasteiger partial charge in [-0.05, 0) is 49.1 Å². The summed E-state index contributed by atoms with van der Waals surface area (Å²) in [5.41, 5.74) is 7.10. The van der Waals surface area contributed by atoms with Crippen LogP contribution >= 0.6 is 12.2 Å². The molecule has 1 aliphatic heterocycles. The Morgan fingerprint density at radius 2 is 2.30 bits per heavy atom. The molecule has 0 aliphatic carbocycles. The normalized spacial score (nSPS) is 20.0. The molecule has 1 unspecified atom stereocenters. The van der Waals surface area contributed by atoms with Crippen LogP contribution < -0.4 is 5.73 Å². The molecule has 1 aliphatic rings. The highest BCUT2D eigenvalue weighted by molar-refractivity contribution is 7.80. The Balaban J connectivity index is 2.03. The molecule has 0 amide bonds. The molecule has 2 N–H and O–H groups in total. The van der Waals surface area contributed by atoms with Gasteiger partial charge in [0, 0.05) is 25.8 Å². The molecule has 5 heteroatoms. The van der Waals surface area contributed by atoms with Crippen molar-refractivity contribution in [2.75, 3.05) is 26.8 Å². The molecule has 110 valence electrons. The second-order valence-corrected chi connectivity index (χ2v) is 5.85. The van der Waals surface area contributed by atoms with Gasteiger partial charge in [0.15, 0.2) is 0 Å². The topological polar surface area (TPSA) is 38.5 Å². The highest BCUT2D eigenvalue weighted by atomic mass is 32.1. The van der Waals surface area contributed by atoms with Crippen molar-refractivity contribution >= 4 is 17.2 Å². The molecule has 0 radical (unpaired) electrons. The van der Waals surface area contributed by atoms with Crippen LogP contribution in [-0.2, 0) is 11.3 Å². The molecule has 0 saturated carbocycles. The van der Waals surface area contributed by atoms with Crippen LogP contribution in [0.5, 0.6) is 0 Å². The third-order valence-electron chi connectivity index (χ3n) is 3.65. The average molecular weight is 296 g/mol. The molecule has 1 atom stereocenters. The van der Waals surface area contributed by atoms with Crippen LogP contribution in [0.2, 0.25) is 0 Å². The number of hydrogen-bond acceptors (Lipinski definition) is 3. The van der Waals surface area contributed by atoms with Crippen LogP contribution in [0.3, 0.4) is 0 Å². The highest BCUT2D eigenvalue weighted by Crippen LogP contribution is 2.19. The Labute approximate surface area is 124 Å². The monoisotopic (exact) mass is 296 g/mol. The van der Waals surface area contributed by atoms with E-state index in [1.165, 1.54) is 12.5 Å². The van der Waals surface area contributed by atoms with Gasteiger partial charge in [-0.25, -0.2) is 4.39 Å². The molecular formula is C15H21FN2OS. The van der Waals surface area contributed by atoms with Gasteiger partial charge < -0.3 is 10.5 Å². The molecule has 1 saturated heterocycles. The first kappa shape index (κ1) is 15.4. The van der Waals surface area contributed by atoms with Crippen molar-refractivity contribution in [3.8, 4) is 0 Å².